The normalized spacial score (nSPS) is 15.2. The minimum absolute atomic E-state index is 0.113. The summed E-state index contributed by atoms with van der Waals surface area (Å²) in [5.41, 5.74) is 3.67. The van der Waals surface area contributed by atoms with Gasteiger partial charge in [-0.3, -0.25) is 4.79 Å². The number of carbonyl (C=O) groups is 1. The molecule has 0 fully saturated rings. The predicted molar refractivity (Wildman–Crippen MR) is 153 cm³/mol. The number of anilines is 1. The Morgan fingerprint density at radius 1 is 1.19 bits per heavy atom. The van der Waals surface area contributed by atoms with Crippen molar-refractivity contribution in [1.82, 2.24) is 0 Å². The Morgan fingerprint density at radius 3 is 2.68 bits per heavy atom. The van der Waals surface area contributed by atoms with Crippen LogP contribution in [0, 0.1) is 23.7 Å². The molecule has 37 heavy (non-hydrogen) atoms. The molecule has 2 aromatic carbocycles. The second-order valence-electron chi connectivity index (χ2n) is 10.2. The number of hydrogen-bond acceptors (Lipinski definition) is 5. The molecule has 1 aliphatic rings. The highest BCUT2D eigenvalue weighted by atomic mass is 32.1. The second-order valence-corrected chi connectivity index (χ2v) is 11.3. The SMILES string of the molecule is C#CCOc1ccc(C=Nc2sc3c(c2C(=O)Nc2ccccc2)CC[C@H](C(C)(C)C)C3)cc1OCC. The molecule has 0 saturated heterocycles. The maximum atomic E-state index is 13.5. The number of ether oxygens (including phenoxy) is 2. The van der Waals surface area contributed by atoms with Gasteiger partial charge in [-0.05, 0) is 79.0 Å². The van der Waals surface area contributed by atoms with Gasteiger partial charge in [0.25, 0.3) is 5.91 Å². The molecule has 0 spiro atoms. The molecule has 6 heteroatoms. The molecule has 4 rings (SSSR count). The van der Waals surface area contributed by atoms with Gasteiger partial charge in [0.1, 0.15) is 11.6 Å². The molecule has 1 atom stereocenters. The average Bonchev–Trinajstić information content (AvgIpc) is 3.25. The Hall–Kier alpha value is -3.56. The molecule has 0 saturated carbocycles. The molecule has 0 bridgehead atoms. The minimum atomic E-state index is -0.113. The van der Waals surface area contributed by atoms with E-state index in [2.05, 4.69) is 32.0 Å². The van der Waals surface area contributed by atoms with Crippen molar-refractivity contribution in [3.63, 3.8) is 0 Å². The van der Waals surface area contributed by atoms with E-state index in [0.717, 1.165) is 41.1 Å². The lowest BCUT2D eigenvalue weighted by atomic mass is 9.72. The summed E-state index contributed by atoms with van der Waals surface area (Å²) < 4.78 is 11.3. The lowest BCUT2D eigenvalue weighted by molar-refractivity contribution is 0.102. The Bertz CT molecular complexity index is 1310. The van der Waals surface area contributed by atoms with Gasteiger partial charge in [0.15, 0.2) is 11.5 Å². The van der Waals surface area contributed by atoms with E-state index in [-0.39, 0.29) is 17.9 Å². The highest BCUT2D eigenvalue weighted by Crippen LogP contribution is 2.45. The second kappa shape index (κ2) is 11.7. The van der Waals surface area contributed by atoms with Crippen LogP contribution in [0.5, 0.6) is 11.5 Å². The van der Waals surface area contributed by atoms with Crippen LogP contribution in [0.3, 0.4) is 0 Å². The zero-order valence-electron chi connectivity index (χ0n) is 22.0. The third kappa shape index (κ3) is 6.42. The Morgan fingerprint density at radius 2 is 1.97 bits per heavy atom. The van der Waals surface area contributed by atoms with E-state index < -0.39 is 0 Å². The first-order valence-corrected chi connectivity index (χ1v) is 13.5. The van der Waals surface area contributed by atoms with Crippen LogP contribution in [0.1, 0.15) is 60.5 Å². The van der Waals surface area contributed by atoms with E-state index in [1.54, 1.807) is 17.6 Å². The number of amides is 1. The van der Waals surface area contributed by atoms with Gasteiger partial charge in [0.05, 0.1) is 12.2 Å². The van der Waals surface area contributed by atoms with Crippen molar-refractivity contribution in [3.8, 4) is 23.8 Å². The third-order valence-corrected chi connectivity index (χ3v) is 7.80. The summed E-state index contributed by atoms with van der Waals surface area (Å²) >= 11 is 1.63. The first kappa shape index (κ1) is 26.5. The highest BCUT2D eigenvalue weighted by molar-refractivity contribution is 7.16. The molecule has 5 nitrogen and oxygen atoms in total. The van der Waals surface area contributed by atoms with Crippen LogP contribution in [0.25, 0.3) is 0 Å². The first-order chi connectivity index (χ1) is 17.8. The lowest BCUT2D eigenvalue weighted by Gasteiger charge is -2.33. The van der Waals surface area contributed by atoms with Gasteiger partial charge in [0, 0.05) is 16.8 Å². The number of nitrogens with zero attached hydrogens (tertiary/aromatic N) is 1. The summed E-state index contributed by atoms with van der Waals surface area (Å²) in [4.78, 5) is 19.6. The fourth-order valence-corrected chi connectivity index (χ4v) is 5.86. The van der Waals surface area contributed by atoms with Gasteiger partial charge in [-0.2, -0.15) is 0 Å². The van der Waals surface area contributed by atoms with E-state index in [9.17, 15) is 4.79 Å². The fraction of sp³-hybridized carbons (Fsp3) is 0.355. The van der Waals surface area contributed by atoms with Crippen LogP contribution in [0.4, 0.5) is 10.7 Å². The molecule has 1 heterocycles. The van der Waals surface area contributed by atoms with Gasteiger partial charge < -0.3 is 14.8 Å². The zero-order valence-corrected chi connectivity index (χ0v) is 22.8. The first-order valence-electron chi connectivity index (χ1n) is 12.7. The van der Waals surface area contributed by atoms with Crippen molar-refractivity contribution in [1.29, 1.82) is 0 Å². The van der Waals surface area contributed by atoms with Crippen molar-refractivity contribution < 1.29 is 14.3 Å². The summed E-state index contributed by atoms with van der Waals surface area (Å²) in [6.45, 7) is 9.49. The van der Waals surface area contributed by atoms with E-state index in [0.29, 0.717) is 29.6 Å². The standard InChI is InChI=1S/C31H34N2O3S/c1-6-17-36-25-16-13-21(18-26(25)35-7-2)20-32-30-28(29(34)33-23-11-9-8-10-12-23)24-15-14-22(31(3,4)5)19-27(24)37-30/h1,8-13,16,18,20,22H,7,14-15,17,19H2,2-5H3,(H,33,34)/t22-/m0/s1. The van der Waals surface area contributed by atoms with Crippen molar-refractivity contribution in [3.05, 3.63) is 70.1 Å². The van der Waals surface area contributed by atoms with Crippen LogP contribution in [-0.2, 0) is 12.8 Å². The number of hydrogen-bond donors (Lipinski definition) is 1. The van der Waals surface area contributed by atoms with Gasteiger partial charge in [-0.25, -0.2) is 4.99 Å². The molecule has 1 N–H and O–H groups in total. The van der Waals surface area contributed by atoms with Gasteiger partial charge in [-0.1, -0.05) is 44.9 Å². The van der Waals surface area contributed by atoms with E-state index >= 15 is 0 Å². The molecule has 0 aliphatic heterocycles. The lowest BCUT2D eigenvalue weighted by Crippen LogP contribution is -2.27. The minimum Gasteiger partial charge on any atom is -0.490 e. The molecular weight excluding hydrogens is 480 g/mol. The predicted octanol–water partition coefficient (Wildman–Crippen LogP) is 7.31. The van der Waals surface area contributed by atoms with Crippen LogP contribution in [0.2, 0.25) is 0 Å². The zero-order chi connectivity index (χ0) is 26.4. The Kier molecular flexibility index (Phi) is 8.35. The molecule has 0 radical (unpaired) electrons. The number of fused-ring (bicyclic) bond motifs is 1. The molecule has 3 aromatic rings. The summed E-state index contributed by atoms with van der Waals surface area (Å²) in [5, 5.41) is 3.80. The molecule has 192 valence electrons. The number of para-hydroxylation sites is 1. The number of benzene rings is 2. The fourth-order valence-electron chi connectivity index (χ4n) is 4.60. The van der Waals surface area contributed by atoms with E-state index in [4.69, 9.17) is 20.9 Å². The largest absolute Gasteiger partial charge is 0.490 e. The number of carbonyl (C=O) groups excluding carboxylic acids is 1. The van der Waals surface area contributed by atoms with E-state index in [1.165, 1.54) is 4.88 Å². The van der Waals surface area contributed by atoms with Crippen LogP contribution < -0.4 is 14.8 Å². The summed E-state index contributed by atoms with van der Waals surface area (Å²) in [7, 11) is 0. The summed E-state index contributed by atoms with van der Waals surface area (Å²) in [6, 6.07) is 15.2. The van der Waals surface area contributed by atoms with Crippen LogP contribution in [-0.4, -0.2) is 25.3 Å². The smallest absolute Gasteiger partial charge is 0.259 e. The third-order valence-electron chi connectivity index (χ3n) is 6.64. The Labute approximate surface area is 223 Å². The van der Waals surface area contributed by atoms with E-state index in [1.807, 2.05) is 55.5 Å². The molecule has 1 aliphatic carbocycles. The highest BCUT2D eigenvalue weighted by Gasteiger charge is 2.33. The molecular formula is C31H34N2O3S. The molecule has 1 aromatic heterocycles. The Balaban J connectivity index is 1.68. The number of terminal acetylenes is 1. The average molecular weight is 515 g/mol. The number of nitrogens with one attached hydrogen (secondary N) is 1. The van der Waals surface area contributed by atoms with Crippen molar-refractivity contribution in [2.24, 2.45) is 16.3 Å². The summed E-state index contributed by atoms with van der Waals surface area (Å²) in [5.74, 6) is 4.15. The monoisotopic (exact) mass is 514 g/mol. The van der Waals surface area contributed by atoms with Gasteiger partial charge >= 0.3 is 0 Å². The topological polar surface area (TPSA) is 59.9 Å². The quantitative estimate of drug-likeness (QED) is 0.253. The number of rotatable bonds is 8. The summed E-state index contributed by atoms with van der Waals surface area (Å²) in [6.07, 6.45) is 10.0. The number of aliphatic imine (C=N–C) groups is 1. The van der Waals surface area contributed by atoms with Gasteiger partial charge in [0.2, 0.25) is 0 Å². The molecule has 1 amide bonds. The van der Waals surface area contributed by atoms with Crippen molar-refractivity contribution in [2.45, 2.75) is 47.0 Å². The molecule has 0 unspecified atom stereocenters. The van der Waals surface area contributed by atoms with Crippen LogP contribution in [0.15, 0.2) is 53.5 Å². The maximum absolute atomic E-state index is 13.5. The van der Waals surface area contributed by atoms with Crippen molar-refractivity contribution >= 4 is 34.1 Å². The maximum Gasteiger partial charge on any atom is 0.259 e. The number of thiophene rings is 1. The van der Waals surface area contributed by atoms with Crippen LogP contribution >= 0.6 is 11.3 Å². The van der Waals surface area contributed by atoms with Crippen molar-refractivity contribution in [2.75, 3.05) is 18.5 Å². The van der Waals surface area contributed by atoms with Gasteiger partial charge in [-0.15, -0.1) is 17.8 Å².